The zero-order valence-electron chi connectivity index (χ0n) is 10.9. The third kappa shape index (κ3) is 3.93. The molecule has 2 atom stereocenters. The van der Waals surface area contributed by atoms with Crippen molar-refractivity contribution in [2.45, 2.75) is 48.5 Å². The SMILES string of the molecule is O=C(NC1CCCCC1O)c1ccccc1SC(F)F. The highest BCUT2D eigenvalue weighted by molar-refractivity contribution is 7.99. The van der Waals surface area contributed by atoms with Crippen molar-refractivity contribution in [3.63, 3.8) is 0 Å². The van der Waals surface area contributed by atoms with Crippen LogP contribution in [0.25, 0.3) is 0 Å². The number of carbonyl (C=O) groups excluding carboxylic acids is 1. The van der Waals surface area contributed by atoms with Gasteiger partial charge in [0.1, 0.15) is 0 Å². The molecule has 1 saturated carbocycles. The molecule has 0 bridgehead atoms. The first-order valence-corrected chi connectivity index (χ1v) is 7.48. The van der Waals surface area contributed by atoms with Gasteiger partial charge >= 0.3 is 0 Å². The van der Waals surface area contributed by atoms with Crippen LogP contribution in [0.2, 0.25) is 0 Å². The summed E-state index contributed by atoms with van der Waals surface area (Å²) >= 11 is 0.360. The summed E-state index contributed by atoms with van der Waals surface area (Å²) < 4.78 is 25.0. The van der Waals surface area contributed by atoms with Gasteiger partial charge in [-0.3, -0.25) is 4.79 Å². The molecule has 0 aromatic heterocycles. The van der Waals surface area contributed by atoms with E-state index >= 15 is 0 Å². The van der Waals surface area contributed by atoms with Crippen molar-refractivity contribution in [3.05, 3.63) is 29.8 Å². The van der Waals surface area contributed by atoms with Gasteiger partial charge < -0.3 is 10.4 Å². The molecule has 2 unspecified atom stereocenters. The molecular formula is C14H17F2NO2S. The summed E-state index contributed by atoms with van der Waals surface area (Å²) in [4.78, 5) is 12.4. The molecule has 0 aliphatic heterocycles. The maximum atomic E-state index is 12.5. The van der Waals surface area contributed by atoms with E-state index in [1.165, 1.54) is 12.1 Å². The molecule has 1 fully saturated rings. The van der Waals surface area contributed by atoms with Crippen LogP contribution in [-0.2, 0) is 0 Å². The summed E-state index contributed by atoms with van der Waals surface area (Å²) in [6.45, 7) is 0. The van der Waals surface area contributed by atoms with Gasteiger partial charge in [0, 0.05) is 4.90 Å². The van der Waals surface area contributed by atoms with E-state index in [-0.39, 0.29) is 16.5 Å². The fourth-order valence-corrected chi connectivity index (χ4v) is 3.02. The molecule has 0 radical (unpaired) electrons. The first-order chi connectivity index (χ1) is 9.58. The number of alkyl halides is 2. The quantitative estimate of drug-likeness (QED) is 0.840. The Labute approximate surface area is 120 Å². The summed E-state index contributed by atoms with van der Waals surface area (Å²) in [7, 11) is 0. The molecule has 1 aromatic rings. The highest BCUT2D eigenvalue weighted by atomic mass is 32.2. The molecule has 0 saturated heterocycles. The third-order valence-electron chi connectivity index (χ3n) is 3.39. The van der Waals surface area contributed by atoms with E-state index in [4.69, 9.17) is 0 Å². The Morgan fingerprint density at radius 1 is 1.30 bits per heavy atom. The Morgan fingerprint density at radius 2 is 2.00 bits per heavy atom. The fourth-order valence-electron chi connectivity index (χ4n) is 2.38. The lowest BCUT2D eigenvalue weighted by molar-refractivity contribution is 0.0715. The lowest BCUT2D eigenvalue weighted by Crippen LogP contribution is -2.45. The zero-order chi connectivity index (χ0) is 14.5. The number of thioether (sulfide) groups is 1. The minimum absolute atomic E-state index is 0.232. The normalized spacial score (nSPS) is 22.8. The van der Waals surface area contributed by atoms with Crippen LogP contribution in [0.15, 0.2) is 29.2 Å². The molecule has 6 heteroatoms. The first-order valence-electron chi connectivity index (χ1n) is 6.60. The molecule has 2 rings (SSSR count). The zero-order valence-corrected chi connectivity index (χ0v) is 11.7. The van der Waals surface area contributed by atoms with Crippen molar-refractivity contribution in [1.82, 2.24) is 5.32 Å². The van der Waals surface area contributed by atoms with E-state index in [2.05, 4.69) is 5.32 Å². The van der Waals surface area contributed by atoms with E-state index in [0.717, 1.165) is 19.3 Å². The molecule has 1 aromatic carbocycles. The smallest absolute Gasteiger partial charge is 0.288 e. The largest absolute Gasteiger partial charge is 0.391 e. The molecular weight excluding hydrogens is 284 g/mol. The molecule has 1 amide bonds. The second-order valence-corrected chi connectivity index (χ2v) is 5.84. The van der Waals surface area contributed by atoms with Gasteiger partial charge in [-0.2, -0.15) is 8.78 Å². The summed E-state index contributed by atoms with van der Waals surface area (Å²) in [5.41, 5.74) is 0.232. The van der Waals surface area contributed by atoms with Crippen LogP contribution in [0.5, 0.6) is 0 Å². The Hall–Kier alpha value is -1.14. The summed E-state index contributed by atoms with van der Waals surface area (Å²) in [6, 6.07) is 6.00. The van der Waals surface area contributed by atoms with Crippen LogP contribution in [0.1, 0.15) is 36.0 Å². The molecule has 3 nitrogen and oxygen atoms in total. The summed E-state index contributed by atoms with van der Waals surface area (Å²) in [5, 5.41) is 12.6. The monoisotopic (exact) mass is 301 g/mol. The van der Waals surface area contributed by atoms with Crippen LogP contribution in [-0.4, -0.2) is 28.9 Å². The number of hydrogen-bond acceptors (Lipinski definition) is 3. The lowest BCUT2D eigenvalue weighted by atomic mass is 9.92. The number of rotatable bonds is 4. The number of hydrogen-bond donors (Lipinski definition) is 2. The lowest BCUT2D eigenvalue weighted by Gasteiger charge is -2.28. The van der Waals surface area contributed by atoms with Gasteiger partial charge in [-0.05, 0) is 25.0 Å². The van der Waals surface area contributed by atoms with Crippen molar-refractivity contribution in [3.8, 4) is 0 Å². The molecule has 2 N–H and O–H groups in total. The van der Waals surface area contributed by atoms with Crippen LogP contribution in [0, 0.1) is 0 Å². The Balaban J connectivity index is 2.08. The Bertz CT molecular complexity index is 470. The predicted octanol–water partition coefficient (Wildman–Crippen LogP) is 3.03. The van der Waals surface area contributed by atoms with Gasteiger partial charge in [0.15, 0.2) is 0 Å². The third-order valence-corrected chi connectivity index (χ3v) is 4.18. The first kappa shape index (κ1) is 15.3. The van der Waals surface area contributed by atoms with E-state index in [1.807, 2.05) is 0 Å². The van der Waals surface area contributed by atoms with Crippen LogP contribution >= 0.6 is 11.8 Å². The Kier molecular flexibility index (Phi) is 5.37. The molecule has 1 aliphatic rings. The topological polar surface area (TPSA) is 49.3 Å². The molecule has 0 heterocycles. The number of aliphatic hydroxyl groups is 1. The second kappa shape index (κ2) is 7.04. The highest BCUT2D eigenvalue weighted by Gasteiger charge is 2.25. The number of aliphatic hydroxyl groups excluding tert-OH is 1. The molecule has 110 valence electrons. The fraction of sp³-hybridized carbons (Fsp3) is 0.500. The average molecular weight is 301 g/mol. The number of benzene rings is 1. The molecule has 20 heavy (non-hydrogen) atoms. The summed E-state index contributed by atoms with van der Waals surface area (Å²) in [6.07, 6.45) is 2.73. The van der Waals surface area contributed by atoms with Gasteiger partial charge in [0.2, 0.25) is 0 Å². The van der Waals surface area contributed by atoms with E-state index in [1.54, 1.807) is 12.1 Å². The minimum Gasteiger partial charge on any atom is -0.391 e. The number of carbonyl (C=O) groups is 1. The van der Waals surface area contributed by atoms with Gasteiger partial charge in [-0.15, -0.1) is 0 Å². The van der Waals surface area contributed by atoms with Crippen molar-refractivity contribution < 1.29 is 18.7 Å². The molecule has 0 spiro atoms. The number of halogens is 2. The standard InChI is InChI=1S/C14H17F2NO2S/c15-14(16)20-12-8-4-1-5-9(12)13(19)17-10-6-2-3-7-11(10)18/h1,4-5,8,10-11,14,18H,2-3,6-7H2,(H,17,19). The van der Waals surface area contributed by atoms with Crippen molar-refractivity contribution in [2.24, 2.45) is 0 Å². The number of amides is 1. The van der Waals surface area contributed by atoms with Crippen LogP contribution in [0.3, 0.4) is 0 Å². The number of nitrogens with one attached hydrogen (secondary N) is 1. The maximum Gasteiger partial charge on any atom is 0.288 e. The van der Waals surface area contributed by atoms with Crippen LogP contribution < -0.4 is 5.32 Å². The second-order valence-electron chi connectivity index (χ2n) is 4.81. The van der Waals surface area contributed by atoms with E-state index in [0.29, 0.717) is 18.2 Å². The van der Waals surface area contributed by atoms with Crippen molar-refractivity contribution in [2.75, 3.05) is 0 Å². The molecule has 1 aliphatic carbocycles. The summed E-state index contributed by atoms with van der Waals surface area (Å²) in [5.74, 6) is -2.97. The van der Waals surface area contributed by atoms with E-state index < -0.39 is 17.8 Å². The average Bonchev–Trinajstić information content (AvgIpc) is 2.41. The Morgan fingerprint density at radius 3 is 2.70 bits per heavy atom. The van der Waals surface area contributed by atoms with Gasteiger partial charge in [0.25, 0.3) is 11.7 Å². The van der Waals surface area contributed by atoms with E-state index in [9.17, 15) is 18.7 Å². The van der Waals surface area contributed by atoms with Crippen molar-refractivity contribution >= 4 is 17.7 Å². The van der Waals surface area contributed by atoms with Gasteiger partial charge in [-0.25, -0.2) is 0 Å². The predicted molar refractivity (Wildman–Crippen MR) is 74.0 cm³/mol. The van der Waals surface area contributed by atoms with Gasteiger partial charge in [0.05, 0.1) is 17.7 Å². The van der Waals surface area contributed by atoms with Crippen LogP contribution in [0.4, 0.5) is 8.78 Å². The van der Waals surface area contributed by atoms with Crippen molar-refractivity contribution in [1.29, 1.82) is 0 Å². The maximum absolute atomic E-state index is 12.5. The minimum atomic E-state index is -2.57. The van der Waals surface area contributed by atoms with Gasteiger partial charge in [-0.1, -0.05) is 36.7 Å². The highest BCUT2D eigenvalue weighted by Crippen LogP contribution is 2.28.